The van der Waals surface area contributed by atoms with Gasteiger partial charge in [-0.3, -0.25) is 4.79 Å². The highest BCUT2D eigenvalue weighted by Crippen LogP contribution is 2.20. The second-order valence-electron chi connectivity index (χ2n) is 4.72. The Labute approximate surface area is 123 Å². The van der Waals surface area contributed by atoms with Crippen LogP contribution >= 0.6 is 0 Å². The van der Waals surface area contributed by atoms with Crippen LogP contribution in [0.2, 0.25) is 0 Å². The van der Waals surface area contributed by atoms with Crippen LogP contribution in [0.15, 0.2) is 58.3 Å². The van der Waals surface area contributed by atoms with Gasteiger partial charge in [0, 0.05) is 19.2 Å². The van der Waals surface area contributed by atoms with Gasteiger partial charge in [0.1, 0.15) is 11.3 Å². The molecule has 0 bridgehead atoms. The molecule has 0 fully saturated rings. The number of aldehydes is 1. The first-order valence-electron chi connectivity index (χ1n) is 6.65. The molecule has 0 aliphatic carbocycles. The fourth-order valence-corrected chi connectivity index (χ4v) is 2.18. The van der Waals surface area contributed by atoms with Crippen molar-refractivity contribution in [2.75, 3.05) is 11.4 Å². The van der Waals surface area contributed by atoms with Gasteiger partial charge >= 0.3 is 5.63 Å². The van der Waals surface area contributed by atoms with Gasteiger partial charge in [0.25, 0.3) is 0 Å². The first kappa shape index (κ1) is 14.8. The Balaban J connectivity index is 2.45. The smallest absolute Gasteiger partial charge is 0.348 e. The molecule has 0 spiro atoms. The SMILES string of the molecule is C=CCN(Cc1ccccc1)c1cc(C)oc(=O)c1C=O. The molecular weight excluding hydrogens is 266 g/mol. The maximum absolute atomic E-state index is 11.8. The minimum Gasteiger partial charge on any atom is -0.428 e. The van der Waals surface area contributed by atoms with E-state index in [9.17, 15) is 9.59 Å². The highest BCUT2D eigenvalue weighted by molar-refractivity contribution is 5.83. The predicted octanol–water partition coefficient (Wildman–Crippen LogP) is 2.95. The van der Waals surface area contributed by atoms with Crippen molar-refractivity contribution in [1.29, 1.82) is 0 Å². The summed E-state index contributed by atoms with van der Waals surface area (Å²) in [5.41, 5.74) is 1.09. The quantitative estimate of drug-likeness (QED) is 0.604. The van der Waals surface area contributed by atoms with Gasteiger partial charge < -0.3 is 9.32 Å². The Hall–Kier alpha value is -2.62. The van der Waals surface area contributed by atoms with Crippen LogP contribution in [-0.4, -0.2) is 12.8 Å². The van der Waals surface area contributed by atoms with E-state index in [0.29, 0.717) is 30.8 Å². The van der Waals surface area contributed by atoms with Crippen molar-refractivity contribution < 1.29 is 9.21 Å². The summed E-state index contributed by atoms with van der Waals surface area (Å²) in [5, 5.41) is 0. The number of carbonyl (C=O) groups excluding carboxylic acids is 1. The average Bonchev–Trinajstić information content (AvgIpc) is 2.47. The van der Waals surface area contributed by atoms with Gasteiger partial charge in [-0.1, -0.05) is 36.4 Å². The van der Waals surface area contributed by atoms with Crippen molar-refractivity contribution in [3.8, 4) is 0 Å². The summed E-state index contributed by atoms with van der Waals surface area (Å²) >= 11 is 0. The van der Waals surface area contributed by atoms with Crippen LogP contribution in [-0.2, 0) is 6.54 Å². The summed E-state index contributed by atoms with van der Waals surface area (Å²) in [5.74, 6) is 0.475. The van der Waals surface area contributed by atoms with Gasteiger partial charge in [0.15, 0.2) is 6.29 Å². The van der Waals surface area contributed by atoms with Crippen LogP contribution in [0.4, 0.5) is 5.69 Å². The van der Waals surface area contributed by atoms with E-state index in [4.69, 9.17) is 4.42 Å². The lowest BCUT2D eigenvalue weighted by Crippen LogP contribution is -2.26. The summed E-state index contributed by atoms with van der Waals surface area (Å²) in [6.45, 7) is 6.53. The molecule has 0 unspecified atom stereocenters. The number of carbonyl (C=O) groups is 1. The monoisotopic (exact) mass is 283 g/mol. The number of hydrogen-bond acceptors (Lipinski definition) is 4. The molecule has 0 aliphatic rings. The molecule has 0 radical (unpaired) electrons. The standard InChI is InChI=1S/C17H17NO3/c1-3-9-18(11-14-7-5-4-6-8-14)16-10-13(2)21-17(20)15(16)12-19/h3-8,10,12H,1,9,11H2,2H3. The van der Waals surface area contributed by atoms with Crippen LogP contribution < -0.4 is 10.5 Å². The molecular formula is C17H17NO3. The maximum Gasteiger partial charge on any atom is 0.348 e. The second kappa shape index (κ2) is 6.70. The number of benzene rings is 1. The summed E-state index contributed by atoms with van der Waals surface area (Å²) in [7, 11) is 0. The Morgan fingerprint density at radius 1 is 1.29 bits per heavy atom. The van der Waals surface area contributed by atoms with E-state index in [1.165, 1.54) is 0 Å². The zero-order valence-corrected chi connectivity index (χ0v) is 11.9. The van der Waals surface area contributed by atoms with Crippen LogP contribution in [0.25, 0.3) is 0 Å². The second-order valence-corrected chi connectivity index (χ2v) is 4.72. The molecule has 108 valence electrons. The van der Waals surface area contributed by atoms with Crippen molar-refractivity contribution >= 4 is 12.0 Å². The van der Waals surface area contributed by atoms with Gasteiger partial charge in [-0.2, -0.15) is 0 Å². The first-order chi connectivity index (χ1) is 10.2. The third-order valence-electron chi connectivity index (χ3n) is 3.11. The van der Waals surface area contributed by atoms with Gasteiger partial charge in [0.05, 0.1) is 5.69 Å². The topological polar surface area (TPSA) is 50.5 Å². The fourth-order valence-electron chi connectivity index (χ4n) is 2.18. The predicted molar refractivity (Wildman–Crippen MR) is 82.8 cm³/mol. The minimum atomic E-state index is -0.609. The van der Waals surface area contributed by atoms with Gasteiger partial charge in [-0.25, -0.2) is 4.79 Å². The molecule has 0 amide bonds. The third kappa shape index (κ3) is 3.48. The largest absolute Gasteiger partial charge is 0.428 e. The average molecular weight is 283 g/mol. The number of anilines is 1. The number of aryl methyl sites for hydroxylation is 1. The maximum atomic E-state index is 11.8. The van der Waals surface area contributed by atoms with E-state index in [0.717, 1.165) is 5.56 Å². The lowest BCUT2D eigenvalue weighted by Gasteiger charge is -2.24. The number of nitrogens with zero attached hydrogens (tertiary/aromatic N) is 1. The van der Waals surface area contributed by atoms with Crippen molar-refractivity contribution in [1.82, 2.24) is 0 Å². The van der Waals surface area contributed by atoms with E-state index in [1.54, 1.807) is 19.1 Å². The molecule has 2 rings (SSSR count). The molecule has 21 heavy (non-hydrogen) atoms. The van der Waals surface area contributed by atoms with E-state index in [1.807, 2.05) is 35.2 Å². The summed E-state index contributed by atoms with van der Waals surface area (Å²) in [4.78, 5) is 24.9. The highest BCUT2D eigenvalue weighted by Gasteiger charge is 2.15. The summed E-state index contributed by atoms with van der Waals surface area (Å²) < 4.78 is 4.98. The molecule has 0 aliphatic heterocycles. The van der Waals surface area contributed by atoms with Crippen LogP contribution in [0.1, 0.15) is 21.7 Å². The molecule has 0 atom stereocenters. The number of rotatable bonds is 6. The zero-order chi connectivity index (χ0) is 15.2. The fraction of sp³-hybridized carbons (Fsp3) is 0.176. The van der Waals surface area contributed by atoms with E-state index in [-0.39, 0.29) is 5.56 Å². The molecule has 1 aromatic heterocycles. The van der Waals surface area contributed by atoms with E-state index in [2.05, 4.69) is 6.58 Å². The van der Waals surface area contributed by atoms with Gasteiger partial charge in [-0.05, 0) is 12.5 Å². The third-order valence-corrected chi connectivity index (χ3v) is 3.11. The van der Waals surface area contributed by atoms with Crippen LogP contribution in [0.3, 0.4) is 0 Å². The van der Waals surface area contributed by atoms with Crippen molar-refractivity contribution in [3.05, 3.63) is 76.4 Å². The molecule has 0 N–H and O–H groups in total. The van der Waals surface area contributed by atoms with Crippen LogP contribution in [0, 0.1) is 6.92 Å². The lowest BCUT2D eigenvalue weighted by molar-refractivity contribution is 0.112. The summed E-state index contributed by atoms with van der Waals surface area (Å²) in [6.07, 6.45) is 2.28. The van der Waals surface area contributed by atoms with Gasteiger partial charge in [-0.15, -0.1) is 6.58 Å². The number of hydrogen-bond donors (Lipinski definition) is 0. The molecule has 0 saturated heterocycles. The van der Waals surface area contributed by atoms with Crippen molar-refractivity contribution in [2.45, 2.75) is 13.5 Å². The Morgan fingerprint density at radius 2 is 2.00 bits per heavy atom. The highest BCUT2D eigenvalue weighted by atomic mass is 16.4. The van der Waals surface area contributed by atoms with Crippen molar-refractivity contribution in [2.24, 2.45) is 0 Å². The Morgan fingerprint density at radius 3 is 2.62 bits per heavy atom. The Kier molecular flexibility index (Phi) is 4.72. The first-order valence-corrected chi connectivity index (χ1v) is 6.65. The van der Waals surface area contributed by atoms with E-state index >= 15 is 0 Å². The Bertz CT molecular complexity index is 689. The molecule has 1 aromatic carbocycles. The molecule has 4 nitrogen and oxygen atoms in total. The molecule has 0 saturated carbocycles. The summed E-state index contributed by atoms with van der Waals surface area (Å²) in [6, 6.07) is 11.5. The molecule has 2 aromatic rings. The van der Waals surface area contributed by atoms with Crippen molar-refractivity contribution in [3.63, 3.8) is 0 Å². The normalized spacial score (nSPS) is 10.1. The van der Waals surface area contributed by atoms with E-state index < -0.39 is 5.63 Å². The van der Waals surface area contributed by atoms with Crippen LogP contribution in [0.5, 0.6) is 0 Å². The molecule has 4 heteroatoms. The van der Waals surface area contributed by atoms with Gasteiger partial charge in [0.2, 0.25) is 0 Å². The lowest BCUT2D eigenvalue weighted by atomic mass is 10.1. The molecule has 1 heterocycles. The zero-order valence-electron chi connectivity index (χ0n) is 11.9. The minimum absolute atomic E-state index is 0.0402.